The van der Waals surface area contributed by atoms with Crippen LogP contribution in [0.4, 0.5) is 0 Å². The molecule has 2 aromatic rings. The van der Waals surface area contributed by atoms with Crippen molar-refractivity contribution >= 4 is 20.5 Å². The van der Waals surface area contributed by atoms with Gasteiger partial charge in [-0.15, -0.1) is 0 Å². The maximum Gasteiger partial charge on any atom is 0.226 e. The Morgan fingerprint density at radius 3 is 2.72 bits per heavy atom. The van der Waals surface area contributed by atoms with Crippen molar-refractivity contribution in [3.8, 4) is 0 Å². The Morgan fingerprint density at radius 2 is 1.83 bits per heavy atom. The van der Waals surface area contributed by atoms with E-state index in [9.17, 15) is 0 Å². The van der Waals surface area contributed by atoms with Gasteiger partial charge >= 0.3 is 0 Å². The molecule has 3 heteroatoms. The number of rotatable bonds is 7. The number of hydrogen-bond donors (Lipinski definition) is 0. The van der Waals surface area contributed by atoms with Crippen molar-refractivity contribution in [1.82, 2.24) is 0 Å². The first kappa shape index (κ1) is 13.3. The van der Waals surface area contributed by atoms with Crippen LogP contribution >= 0.6 is 0 Å². The Morgan fingerprint density at radius 1 is 1.00 bits per heavy atom. The Balaban J connectivity index is 1.88. The van der Waals surface area contributed by atoms with E-state index in [4.69, 9.17) is 9.16 Å². The van der Waals surface area contributed by atoms with E-state index in [1.54, 1.807) is 0 Å². The molecule has 0 aliphatic rings. The van der Waals surface area contributed by atoms with E-state index in [0.717, 1.165) is 19.6 Å². The average molecular weight is 258 g/mol. The molecule has 0 N–H and O–H groups in total. The lowest BCUT2D eigenvalue weighted by Crippen LogP contribution is -2.02. The van der Waals surface area contributed by atoms with Gasteiger partial charge in [-0.3, -0.25) is 0 Å². The minimum Gasteiger partial charge on any atom is -0.418 e. The van der Waals surface area contributed by atoms with Crippen LogP contribution in [0.25, 0.3) is 10.8 Å². The van der Waals surface area contributed by atoms with E-state index in [-0.39, 0.29) is 0 Å². The molecule has 0 saturated carbocycles. The van der Waals surface area contributed by atoms with Gasteiger partial charge in [-0.05, 0) is 29.3 Å². The highest BCUT2D eigenvalue weighted by Crippen LogP contribution is 2.19. The van der Waals surface area contributed by atoms with Gasteiger partial charge in [0.15, 0.2) is 0 Å². The summed E-state index contributed by atoms with van der Waals surface area (Å²) in [5.41, 5.74) is 1.26. The lowest BCUT2D eigenvalue weighted by molar-refractivity contribution is 0.108. The fraction of sp³-hybridized carbons (Fsp3) is 0.333. The third kappa shape index (κ3) is 3.67. The Labute approximate surface area is 111 Å². The lowest BCUT2D eigenvalue weighted by atomic mass is 10.1. The molecule has 0 atom stereocenters. The summed E-state index contributed by atoms with van der Waals surface area (Å²) >= 11 is 0. The predicted molar refractivity (Wildman–Crippen MR) is 75.8 cm³/mol. The second kappa shape index (κ2) is 7.31. The van der Waals surface area contributed by atoms with Crippen LogP contribution in [-0.4, -0.2) is 23.0 Å². The Kier molecular flexibility index (Phi) is 5.39. The monoisotopic (exact) mass is 258 g/mol. The molecule has 2 rings (SSSR count). The van der Waals surface area contributed by atoms with Gasteiger partial charge in [-0.25, -0.2) is 0 Å². The van der Waals surface area contributed by atoms with Crippen molar-refractivity contribution in [1.29, 1.82) is 0 Å². The number of fused-ring (bicyclic) bond motifs is 1. The third-order valence-corrected chi connectivity index (χ3v) is 3.31. The van der Waals surface area contributed by atoms with Crippen LogP contribution in [0.5, 0.6) is 0 Å². The van der Waals surface area contributed by atoms with E-state index < -0.39 is 0 Å². The fourth-order valence-electron chi connectivity index (χ4n) is 1.94. The molecule has 0 amide bonds. The molecule has 18 heavy (non-hydrogen) atoms. The highest BCUT2D eigenvalue weighted by atomic mass is 28.2. The number of benzene rings is 2. The van der Waals surface area contributed by atoms with Gasteiger partial charge in [-0.1, -0.05) is 42.5 Å². The third-order valence-electron chi connectivity index (χ3n) is 2.82. The van der Waals surface area contributed by atoms with Crippen LogP contribution in [0.1, 0.15) is 12.0 Å². The summed E-state index contributed by atoms with van der Waals surface area (Å²) in [4.78, 5) is 0. The van der Waals surface area contributed by atoms with E-state index >= 15 is 0 Å². The predicted octanol–water partition coefficient (Wildman–Crippen LogP) is 3.43. The number of ether oxygens (including phenoxy) is 1. The standard InChI is InChI=1S/C15H18O2Si/c1-18-17-11-5-10-16-12-14-8-4-7-13-6-2-3-9-15(13)14/h2-4,6-9H,5,10-12H2,1H3. The summed E-state index contributed by atoms with van der Waals surface area (Å²) in [7, 11) is 0.574. The zero-order valence-corrected chi connectivity index (χ0v) is 11.7. The van der Waals surface area contributed by atoms with Crippen molar-refractivity contribution in [3.05, 3.63) is 48.0 Å². The highest BCUT2D eigenvalue weighted by molar-refractivity contribution is 6.24. The molecular formula is C15H18O2Si. The van der Waals surface area contributed by atoms with Gasteiger partial charge in [-0.2, -0.15) is 0 Å². The normalized spacial score (nSPS) is 10.9. The average Bonchev–Trinajstić information content (AvgIpc) is 2.43. The first-order valence-corrected chi connectivity index (χ1v) is 7.65. The van der Waals surface area contributed by atoms with E-state index in [2.05, 4.69) is 42.5 Å². The van der Waals surface area contributed by atoms with Crippen molar-refractivity contribution < 1.29 is 9.16 Å². The molecule has 2 nitrogen and oxygen atoms in total. The van der Waals surface area contributed by atoms with Crippen LogP contribution in [-0.2, 0) is 15.8 Å². The fourth-order valence-corrected chi connectivity index (χ4v) is 2.28. The Bertz CT molecular complexity index is 479. The summed E-state index contributed by atoms with van der Waals surface area (Å²) in [5.74, 6) is 0. The quantitative estimate of drug-likeness (QED) is 0.559. The second-order valence-electron chi connectivity index (χ2n) is 4.10. The molecule has 0 heterocycles. The van der Waals surface area contributed by atoms with Crippen molar-refractivity contribution in [3.63, 3.8) is 0 Å². The largest absolute Gasteiger partial charge is 0.418 e. The molecule has 0 unspecified atom stereocenters. The van der Waals surface area contributed by atoms with E-state index in [1.807, 2.05) is 6.55 Å². The summed E-state index contributed by atoms with van der Waals surface area (Å²) < 4.78 is 11.0. The van der Waals surface area contributed by atoms with E-state index in [0.29, 0.717) is 16.4 Å². The summed E-state index contributed by atoms with van der Waals surface area (Å²) in [5, 5.41) is 2.56. The number of hydrogen-bond acceptors (Lipinski definition) is 2. The highest BCUT2D eigenvalue weighted by Gasteiger charge is 1.99. The molecule has 0 spiro atoms. The van der Waals surface area contributed by atoms with Gasteiger partial charge in [0.05, 0.1) is 6.61 Å². The maximum absolute atomic E-state index is 5.70. The van der Waals surface area contributed by atoms with Crippen molar-refractivity contribution in [2.75, 3.05) is 13.2 Å². The van der Waals surface area contributed by atoms with Crippen LogP contribution in [0.15, 0.2) is 42.5 Å². The lowest BCUT2D eigenvalue weighted by Gasteiger charge is -2.07. The molecule has 0 saturated heterocycles. The SMILES string of the molecule is C[Si]OCCCOCc1cccc2ccccc12. The molecule has 0 aromatic heterocycles. The zero-order valence-electron chi connectivity index (χ0n) is 10.7. The molecule has 94 valence electrons. The van der Waals surface area contributed by atoms with Gasteiger partial charge in [0, 0.05) is 13.2 Å². The van der Waals surface area contributed by atoms with Gasteiger partial charge in [0.1, 0.15) is 0 Å². The molecule has 0 aliphatic heterocycles. The maximum atomic E-state index is 5.70. The molecule has 0 aliphatic carbocycles. The zero-order chi connectivity index (χ0) is 12.6. The van der Waals surface area contributed by atoms with Gasteiger partial charge in [0.2, 0.25) is 9.76 Å². The van der Waals surface area contributed by atoms with Crippen molar-refractivity contribution in [2.45, 2.75) is 19.6 Å². The minimum atomic E-state index is 0.574. The van der Waals surface area contributed by atoms with Crippen LogP contribution in [0.3, 0.4) is 0 Å². The molecule has 0 bridgehead atoms. The summed E-state index contributed by atoms with van der Waals surface area (Å²) in [6.45, 7) is 4.27. The molecule has 0 fully saturated rings. The molecule has 2 radical (unpaired) electrons. The van der Waals surface area contributed by atoms with Gasteiger partial charge in [0.25, 0.3) is 0 Å². The summed E-state index contributed by atoms with van der Waals surface area (Å²) in [6.07, 6.45) is 0.964. The first-order valence-electron chi connectivity index (χ1n) is 6.25. The molecule has 2 aromatic carbocycles. The Hall–Kier alpha value is -1.16. The minimum absolute atomic E-state index is 0.574. The summed E-state index contributed by atoms with van der Waals surface area (Å²) in [6, 6.07) is 14.8. The topological polar surface area (TPSA) is 18.5 Å². The van der Waals surface area contributed by atoms with E-state index in [1.165, 1.54) is 16.3 Å². The van der Waals surface area contributed by atoms with Crippen LogP contribution in [0, 0.1) is 0 Å². The smallest absolute Gasteiger partial charge is 0.226 e. The molecular weight excluding hydrogens is 240 g/mol. The second-order valence-corrected chi connectivity index (χ2v) is 4.79. The van der Waals surface area contributed by atoms with Crippen LogP contribution in [0.2, 0.25) is 6.55 Å². The van der Waals surface area contributed by atoms with Crippen molar-refractivity contribution in [2.24, 2.45) is 0 Å². The van der Waals surface area contributed by atoms with Crippen LogP contribution < -0.4 is 0 Å². The van der Waals surface area contributed by atoms with Gasteiger partial charge < -0.3 is 9.16 Å². The first-order chi connectivity index (χ1) is 8.92.